The van der Waals surface area contributed by atoms with Crippen LogP contribution in [0.5, 0.6) is 0 Å². The Morgan fingerprint density at radius 2 is 1.83 bits per heavy atom. The van der Waals surface area contributed by atoms with Gasteiger partial charge in [-0.1, -0.05) is 36.4 Å². The van der Waals surface area contributed by atoms with Crippen LogP contribution < -0.4 is 10.9 Å². The molecule has 0 spiro atoms. The van der Waals surface area contributed by atoms with Crippen molar-refractivity contribution in [1.82, 2.24) is 15.4 Å². The van der Waals surface area contributed by atoms with Crippen LogP contribution in [0.2, 0.25) is 0 Å². The van der Waals surface area contributed by atoms with Crippen molar-refractivity contribution in [3.63, 3.8) is 0 Å². The molecule has 1 atom stereocenters. The van der Waals surface area contributed by atoms with Gasteiger partial charge in [0.1, 0.15) is 0 Å². The number of hydrazine groups is 1. The average Bonchev–Trinajstić information content (AvgIpc) is 3.24. The fraction of sp³-hybridized carbons (Fsp3) is 0.160. The summed E-state index contributed by atoms with van der Waals surface area (Å²) in [7, 11) is 0. The molecule has 0 amide bonds. The number of hydrogen-bond acceptors (Lipinski definition) is 5. The summed E-state index contributed by atoms with van der Waals surface area (Å²) in [4.78, 5) is 8.87. The molecule has 4 aromatic rings. The Labute approximate surface area is 175 Å². The second-order valence-electron chi connectivity index (χ2n) is 8.12. The molecule has 5 nitrogen and oxygen atoms in total. The summed E-state index contributed by atoms with van der Waals surface area (Å²) in [5.41, 5.74) is 13.6. The van der Waals surface area contributed by atoms with E-state index in [0.29, 0.717) is 0 Å². The number of nitrogens with one attached hydrogen (secondary N) is 2. The minimum Gasteiger partial charge on any atom is -0.319 e. The van der Waals surface area contributed by atoms with Crippen molar-refractivity contribution in [2.24, 2.45) is 0 Å². The first-order chi connectivity index (χ1) is 14.6. The SMILES string of the molecule is CC(C)(C#N)c1ccc(C2NNc3cnc4ccc(-c5cccnc5)cc4c32)cc1. The van der Waals surface area contributed by atoms with Crippen LogP contribution in [0, 0.1) is 11.3 Å². The van der Waals surface area contributed by atoms with Crippen LogP contribution in [-0.4, -0.2) is 9.97 Å². The first-order valence-corrected chi connectivity index (χ1v) is 9.93. The normalized spacial score (nSPS) is 15.4. The maximum absolute atomic E-state index is 9.41. The highest BCUT2D eigenvalue weighted by molar-refractivity contribution is 5.92. The number of nitrogens with zero attached hydrogens (tertiary/aromatic N) is 3. The number of hydrogen-bond donors (Lipinski definition) is 2. The van der Waals surface area contributed by atoms with E-state index >= 15 is 0 Å². The number of benzene rings is 2. The molecule has 2 N–H and O–H groups in total. The maximum atomic E-state index is 9.41. The lowest BCUT2D eigenvalue weighted by molar-refractivity contribution is 0.683. The topological polar surface area (TPSA) is 73.6 Å². The minimum absolute atomic E-state index is 0.00565. The van der Waals surface area contributed by atoms with Crippen molar-refractivity contribution in [3.05, 3.63) is 89.9 Å². The van der Waals surface area contributed by atoms with Gasteiger partial charge in [0.25, 0.3) is 0 Å². The second-order valence-corrected chi connectivity index (χ2v) is 8.12. The number of aromatic nitrogens is 2. The Kier molecular flexibility index (Phi) is 4.23. The van der Waals surface area contributed by atoms with Gasteiger partial charge >= 0.3 is 0 Å². The van der Waals surface area contributed by atoms with Gasteiger partial charge in [-0.2, -0.15) is 5.26 Å². The van der Waals surface area contributed by atoms with Crippen molar-refractivity contribution in [2.75, 3.05) is 5.43 Å². The quantitative estimate of drug-likeness (QED) is 0.507. The molecule has 0 bridgehead atoms. The zero-order valence-electron chi connectivity index (χ0n) is 16.8. The van der Waals surface area contributed by atoms with Gasteiger partial charge in [0.2, 0.25) is 0 Å². The molecule has 0 saturated heterocycles. The fourth-order valence-corrected chi connectivity index (χ4v) is 3.97. The lowest BCUT2D eigenvalue weighted by Crippen LogP contribution is -2.20. The molecule has 30 heavy (non-hydrogen) atoms. The Hall–Kier alpha value is -3.75. The highest BCUT2D eigenvalue weighted by Crippen LogP contribution is 2.39. The van der Waals surface area contributed by atoms with Gasteiger partial charge in [-0.3, -0.25) is 9.97 Å². The highest BCUT2D eigenvalue weighted by atomic mass is 15.4. The van der Waals surface area contributed by atoms with Gasteiger partial charge < -0.3 is 5.43 Å². The summed E-state index contributed by atoms with van der Waals surface area (Å²) in [6.45, 7) is 3.87. The standard InChI is InChI=1S/C25H21N5/c1-25(2,15-26)19-8-5-16(6-9-19)24-23-20-12-17(18-4-3-11-27-13-18)7-10-21(20)28-14-22(23)29-30-24/h3-14,24,29-30H,1-2H3. The molecule has 0 saturated carbocycles. The maximum Gasteiger partial charge on any atom is 0.0787 e. The molecular formula is C25H21N5. The number of fused-ring (bicyclic) bond motifs is 3. The average molecular weight is 391 g/mol. The summed E-state index contributed by atoms with van der Waals surface area (Å²) < 4.78 is 0. The van der Waals surface area contributed by atoms with E-state index in [1.54, 1.807) is 6.20 Å². The fourth-order valence-electron chi connectivity index (χ4n) is 3.97. The third-order valence-corrected chi connectivity index (χ3v) is 5.79. The van der Waals surface area contributed by atoms with Crippen molar-refractivity contribution in [1.29, 1.82) is 5.26 Å². The van der Waals surface area contributed by atoms with E-state index in [9.17, 15) is 5.26 Å². The highest BCUT2D eigenvalue weighted by Gasteiger charge is 2.27. The first kappa shape index (κ1) is 18.3. The smallest absolute Gasteiger partial charge is 0.0787 e. The van der Waals surface area contributed by atoms with Gasteiger partial charge in [-0.05, 0) is 48.7 Å². The predicted octanol–water partition coefficient (Wildman–Crippen LogP) is 5.12. The number of nitriles is 1. The molecular weight excluding hydrogens is 370 g/mol. The van der Waals surface area contributed by atoms with E-state index in [-0.39, 0.29) is 6.04 Å². The molecule has 5 rings (SSSR count). The van der Waals surface area contributed by atoms with Crippen molar-refractivity contribution in [3.8, 4) is 17.2 Å². The minimum atomic E-state index is -0.507. The molecule has 2 aromatic heterocycles. The van der Waals surface area contributed by atoms with Crippen LogP contribution in [0.3, 0.4) is 0 Å². The summed E-state index contributed by atoms with van der Waals surface area (Å²) in [5, 5.41) is 10.5. The predicted molar refractivity (Wildman–Crippen MR) is 119 cm³/mol. The molecule has 5 heteroatoms. The van der Waals surface area contributed by atoms with Crippen molar-refractivity contribution < 1.29 is 0 Å². The lowest BCUT2D eigenvalue weighted by Gasteiger charge is -2.18. The molecule has 146 valence electrons. The summed E-state index contributed by atoms with van der Waals surface area (Å²) in [6, 6.07) is 21.0. The van der Waals surface area contributed by atoms with Crippen LogP contribution in [0.25, 0.3) is 22.0 Å². The zero-order chi connectivity index (χ0) is 20.7. The second kappa shape index (κ2) is 6.94. The number of anilines is 1. The summed E-state index contributed by atoms with van der Waals surface area (Å²) >= 11 is 0. The Balaban J connectivity index is 1.61. The van der Waals surface area contributed by atoms with Crippen molar-refractivity contribution >= 4 is 16.6 Å². The van der Waals surface area contributed by atoms with Gasteiger partial charge in [0.15, 0.2) is 0 Å². The van der Waals surface area contributed by atoms with Crippen LogP contribution in [0.15, 0.2) is 73.2 Å². The Morgan fingerprint density at radius 3 is 2.57 bits per heavy atom. The van der Waals surface area contributed by atoms with Crippen LogP contribution >= 0.6 is 0 Å². The van der Waals surface area contributed by atoms with Crippen LogP contribution in [0.1, 0.15) is 36.6 Å². The first-order valence-electron chi connectivity index (χ1n) is 9.93. The monoisotopic (exact) mass is 391 g/mol. The van der Waals surface area contributed by atoms with Crippen LogP contribution in [0.4, 0.5) is 5.69 Å². The molecule has 0 aliphatic carbocycles. The molecule has 0 fully saturated rings. The summed E-state index contributed by atoms with van der Waals surface area (Å²) in [5.74, 6) is 0. The van der Waals surface area contributed by atoms with E-state index in [4.69, 9.17) is 0 Å². The van der Waals surface area contributed by atoms with E-state index < -0.39 is 5.41 Å². The molecule has 2 aromatic carbocycles. The largest absolute Gasteiger partial charge is 0.319 e. The van der Waals surface area contributed by atoms with E-state index in [1.807, 2.05) is 44.4 Å². The molecule has 1 aliphatic heterocycles. The summed E-state index contributed by atoms with van der Waals surface area (Å²) in [6.07, 6.45) is 5.54. The lowest BCUT2D eigenvalue weighted by atomic mass is 9.85. The van der Waals surface area contributed by atoms with Gasteiger partial charge in [-0.25, -0.2) is 5.43 Å². The third kappa shape index (κ3) is 2.99. The van der Waals surface area contributed by atoms with E-state index in [2.05, 4.69) is 63.3 Å². The van der Waals surface area contributed by atoms with Gasteiger partial charge in [0.05, 0.1) is 34.9 Å². The van der Waals surface area contributed by atoms with Gasteiger partial charge in [-0.15, -0.1) is 0 Å². The zero-order valence-corrected chi connectivity index (χ0v) is 16.8. The molecule has 3 heterocycles. The Morgan fingerprint density at radius 1 is 1.00 bits per heavy atom. The molecule has 0 radical (unpaired) electrons. The molecule has 1 unspecified atom stereocenters. The Bertz CT molecular complexity index is 1270. The van der Waals surface area contributed by atoms with Crippen molar-refractivity contribution in [2.45, 2.75) is 25.3 Å². The number of rotatable bonds is 3. The third-order valence-electron chi connectivity index (χ3n) is 5.79. The van der Waals surface area contributed by atoms with E-state index in [0.717, 1.165) is 38.8 Å². The molecule has 1 aliphatic rings. The number of pyridine rings is 2. The van der Waals surface area contributed by atoms with Gasteiger partial charge in [0, 0.05) is 28.9 Å². The van der Waals surface area contributed by atoms with E-state index in [1.165, 1.54) is 5.56 Å². The van der Waals surface area contributed by atoms with Crippen LogP contribution in [-0.2, 0) is 5.41 Å².